The fourth-order valence-electron chi connectivity index (χ4n) is 2.93. The molecule has 1 aliphatic carbocycles. The number of aromatic nitrogens is 3. The topological polar surface area (TPSA) is 68.8 Å². The molecule has 0 radical (unpaired) electrons. The van der Waals surface area contributed by atoms with Gasteiger partial charge in [-0.25, -0.2) is 18.4 Å². The molecular formula is C17H23F2N5. The normalized spacial score (nSPS) is 19.2. The number of nitrogens with two attached hydrogens (primary N) is 1. The minimum Gasteiger partial charge on any atom is -0.367 e. The van der Waals surface area contributed by atoms with Crippen molar-refractivity contribution in [2.45, 2.75) is 57.5 Å². The molecule has 3 N–H and O–H groups in total. The summed E-state index contributed by atoms with van der Waals surface area (Å²) in [5.74, 6) is -1.21. The second-order valence-corrected chi connectivity index (χ2v) is 6.61. The summed E-state index contributed by atoms with van der Waals surface area (Å²) >= 11 is 0. The average Bonchev–Trinajstić information content (AvgIpc) is 2.96. The van der Waals surface area contributed by atoms with Crippen LogP contribution in [0, 0.1) is 6.92 Å². The fourth-order valence-corrected chi connectivity index (χ4v) is 2.93. The van der Waals surface area contributed by atoms with E-state index in [4.69, 9.17) is 5.73 Å². The van der Waals surface area contributed by atoms with Crippen LogP contribution in [0.4, 0.5) is 14.6 Å². The third kappa shape index (κ3) is 3.90. The lowest BCUT2D eigenvalue weighted by atomic mass is 9.92. The Bertz CT molecular complexity index is 701. The molecule has 0 bridgehead atoms. The molecule has 1 fully saturated rings. The highest BCUT2D eigenvalue weighted by atomic mass is 19.3. The number of halogens is 2. The van der Waals surface area contributed by atoms with Crippen LogP contribution in [0.1, 0.15) is 49.9 Å². The highest BCUT2D eigenvalue weighted by Crippen LogP contribution is 2.34. The number of anilines is 1. The maximum atomic E-state index is 13.3. The first-order valence-corrected chi connectivity index (χ1v) is 8.27. The van der Waals surface area contributed by atoms with Gasteiger partial charge in [0.2, 0.25) is 5.92 Å². The van der Waals surface area contributed by atoms with Crippen molar-refractivity contribution >= 4 is 5.82 Å². The molecule has 0 amide bonds. The van der Waals surface area contributed by atoms with E-state index in [1.165, 1.54) is 0 Å². The van der Waals surface area contributed by atoms with Crippen molar-refractivity contribution in [1.29, 1.82) is 0 Å². The monoisotopic (exact) mass is 335 g/mol. The van der Waals surface area contributed by atoms with E-state index < -0.39 is 5.92 Å². The smallest absolute Gasteiger partial charge is 0.248 e. The lowest BCUT2D eigenvalue weighted by Gasteiger charge is -2.29. The number of aryl methyl sites for hydroxylation is 1. The molecule has 7 heteroatoms. The van der Waals surface area contributed by atoms with E-state index in [2.05, 4.69) is 15.4 Å². The summed E-state index contributed by atoms with van der Waals surface area (Å²) in [6, 6.07) is 5.54. The zero-order chi connectivity index (χ0) is 17.3. The first-order chi connectivity index (χ1) is 11.3. The molecule has 0 spiro atoms. The van der Waals surface area contributed by atoms with Crippen molar-refractivity contribution in [2.24, 2.45) is 5.73 Å². The second-order valence-electron chi connectivity index (χ2n) is 6.61. The Morgan fingerprint density at radius 3 is 2.62 bits per heavy atom. The van der Waals surface area contributed by atoms with Gasteiger partial charge in [0.1, 0.15) is 5.82 Å². The van der Waals surface area contributed by atoms with Crippen LogP contribution in [0.5, 0.6) is 0 Å². The Kier molecular flexibility index (Phi) is 4.54. The first-order valence-electron chi connectivity index (χ1n) is 8.27. The molecule has 2 aromatic rings. The van der Waals surface area contributed by atoms with Crippen LogP contribution in [-0.2, 0) is 0 Å². The van der Waals surface area contributed by atoms with Gasteiger partial charge in [0.25, 0.3) is 0 Å². The van der Waals surface area contributed by atoms with Crippen LogP contribution < -0.4 is 11.1 Å². The Morgan fingerprint density at radius 2 is 2.04 bits per heavy atom. The maximum Gasteiger partial charge on any atom is 0.248 e. The molecule has 0 saturated heterocycles. The second kappa shape index (κ2) is 6.47. The summed E-state index contributed by atoms with van der Waals surface area (Å²) in [6.07, 6.45) is 2.56. The highest BCUT2D eigenvalue weighted by molar-refractivity contribution is 5.45. The zero-order valence-electron chi connectivity index (χ0n) is 14.0. The lowest BCUT2D eigenvalue weighted by molar-refractivity contribution is -0.0361. The van der Waals surface area contributed by atoms with Crippen LogP contribution in [0.3, 0.4) is 0 Å². The number of hydrogen-bond acceptors (Lipinski definition) is 4. The van der Waals surface area contributed by atoms with Gasteiger partial charge in [0.15, 0.2) is 5.82 Å². The molecule has 0 aliphatic heterocycles. The fraction of sp³-hybridized carbons (Fsp3) is 0.529. The maximum absolute atomic E-state index is 13.3. The summed E-state index contributed by atoms with van der Waals surface area (Å²) in [6.45, 7) is 3.81. The van der Waals surface area contributed by atoms with Crippen molar-refractivity contribution < 1.29 is 8.78 Å². The number of nitrogens with zero attached hydrogens (tertiary/aromatic N) is 3. The molecule has 1 saturated carbocycles. The van der Waals surface area contributed by atoms with Crippen molar-refractivity contribution in [3.63, 3.8) is 0 Å². The van der Waals surface area contributed by atoms with Gasteiger partial charge in [-0.15, -0.1) is 0 Å². The molecule has 0 aromatic carbocycles. The quantitative estimate of drug-likeness (QED) is 0.896. The molecule has 2 aromatic heterocycles. The largest absolute Gasteiger partial charge is 0.367 e. The van der Waals surface area contributed by atoms with Gasteiger partial charge in [-0.3, -0.25) is 0 Å². The van der Waals surface area contributed by atoms with E-state index in [0.717, 1.165) is 11.3 Å². The Labute approximate surface area is 140 Å². The number of nitrogens with one attached hydrogen (secondary N) is 1. The number of hydrogen-bond donors (Lipinski definition) is 2. The van der Waals surface area contributed by atoms with E-state index in [0.29, 0.717) is 24.5 Å². The molecular weight excluding hydrogens is 312 g/mol. The summed E-state index contributed by atoms with van der Waals surface area (Å²) in [4.78, 5) is 4.58. The average molecular weight is 335 g/mol. The van der Waals surface area contributed by atoms with Gasteiger partial charge in [-0.2, -0.15) is 5.10 Å². The highest BCUT2D eigenvalue weighted by Gasteiger charge is 2.34. The summed E-state index contributed by atoms with van der Waals surface area (Å²) in [5, 5.41) is 7.66. The molecule has 24 heavy (non-hydrogen) atoms. The van der Waals surface area contributed by atoms with Gasteiger partial charge in [0.05, 0.1) is 5.69 Å². The summed E-state index contributed by atoms with van der Waals surface area (Å²) < 4.78 is 28.3. The van der Waals surface area contributed by atoms with E-state index in [1.54, 1.807) is 4.68 Å². The van der Waals surface area contributed by atoms with Crippen molar-refractivity contribution in [3.05, 3.63) is 35.7 Å². The molecule has 1 aliphatic rings. The third-order valence-electron chi connectivity index (χ3n) is 4.39. The predicted molar refractivity (Wildman–Crippen MR) is 89.5 cm³/mol. The molecule has 3 rings (SSSR count). The van der Waals surface area contributed by atoms with Crippen molar-refractivity contribution in [1.82, 2.24) is 14.8 Å². The number of rotatable bonds is 4. The van der Waals surface area contributed by atoms with Gasteiger partial charge < -0.3 is 11.1 Å². The molecule has 5 nitrogen and oxygen atoms in total. The zero-order valence-corrected chi connectivity index (χ0v) is 14.0. The van der Waals surface area contributed by atoms with E-state index >= 15 is 0 Å². The molecule has 1 atom stereocenters. The van der Waals surface area contributed by atoms with Gasteiger partial charge in [-0.05, 0) is 50.5 Å². The Balaban J connectivity index is 1.83. The van der Waals surface area contributed by atoms with Crippen molar-refractivity contribution in [2.75, 3.05) is 5.32 Å². The summed E-state index contributed by atoms with van der Waals surface area (Å²) in [5.41, 5.74) is 7.84. The van der Waals surface area contributed by atoms with Crippen LogP contribution in [-0.4, -0.2) is 26.7 Å². The Morgan fingerprint density at radius 1 is 1.33 bits per heavy atom. The van der Waals surface area contributed by atoms with E-state index in [9.17, 15) is 8.78 Å². The van der Waals surface area contributed by atoms with E-state index in [1.807, 2.05) is 38.2 Å². The van der Waals surface area contributed by atoms with Gasteiger partial charge in [0, 0.05) is 31.1 Å². The number of alkyl halides is 2. The predicted octanol–water partition coefficient (Wildman–Crippen LogP) is 3.59. The summed E-state index contributed by atoms with van der Waals surface area (Å²) in [7, 11) is 0. The van der Waals surface area contributed by atoms with Crippen molar-refractivity contribution in [3.8, 4) is 5.82 Å². The molecule has 130 valence electrons. The standard InChI is InChI=1S/C17H23F2N5/c1-11-5-8-24(23-11)16-10-13(12(2)20)9-15(22-16)21-14-3-6-17(18,19)7-4-14/h5,8-10,12,14H,3-4,6-7,20H2,1-2H3,(H,21,22). The first kappa shape index (κ1) is 16.8. The molecule has 2 heterocycles. The van der Waals surface area contributed by atoms with Gasteiger partial charge in [-0.1, -0.05) is 0 Å². The minimum atomic E-state index is -2.53. The van der Waals surface area contributed by atoms with E-state index in [-0.39, 0.29) is 24.9 Å². The lowest BCUT2D eigenvalue weighted by Crippen LogP contribution is -2.32. The van der Waals surface area contributed by atoms with Gasteiger partial charge >= 0.3 is 0 Å². The van der Waals surface area contributed by atoms with Crippen LogP contribution >= 0.6 is 0 Å². The van der Waals surface area contributed by atoms with Crippen LogP contribution in [0.25, 0.3) is 5.82 Å². The minimum absolute atomic E-state index is 0.00710. The SMILES string of the molecule is Cc1ccn(-c2cc(C(C)N)cc(NC3CCC(F)(F)CC3)n2)n1. The Hall–Kier alpha value is -2.02. The van der Waals surface area contributed by atoms with Crippen LogP contribution in [0.2, 0.25) is 0 Å². The van der Waals surface area contributed by atoms with Crippen LogP contribution in [0.15, 0.2) is 24.4 Å². The third-order valence-corrected chi connectivity index (χ3v) is 4.39. The molecule has 1 unspecified atom stereocenters. The number of pyridine rings is 1.